The minimum atomic E-state index is -0.0730. The molecule has 1 heterocycles. The number of rotatable bonds is 2. The smallest absolute Gasteiger partial charge is 0.272 e. The molecular weight excluding hydrogens is 262 g/mol. The van der Waals surface area contributed by atoms with E-state index in [0.29, 0.717) is 11.6 Å². The second-order valence-corrected chi connectivity index (χ2v) is 6.04. The topological polar surface area (TPSA) is 46.9 Å². The maximum Gasteiger partial charge on any atom is 0.272 e. The SMILES string of the molecule is C=C1CCC(NC(=O)c2nn(C)c3ccccc23)C(C)C1. The van der Waals surface area contributed by atoms with Crippen LogP contribution in [-0.2, 0) is 7.05 Å². The first-order valence-corrected chi connectivity index (χ1v) is 7.45. The van der Waals surface area contributed by atoms with E-state index in [4.69, 9.17) is 0 Å². The fourth-order valence-electron chi connectivity index (χ4n) is 3.18. The Labute approximate surface area is 124 Å². The van der Waals surface area contributed by atoms with Crippen molar-refractivity contribution in [1.29, 1.82) is 0 Å². The number of benzene rings is 1. The third-order valence-electron chi connectivity index (χ3n) is 4.40. The zero-order valence-corrected chi connectivity index (χ0v) is 12.6. The fraction of sp³-hybridized carbons (Fsp3) is 0.412. The molecule has 21 heavy (non-hydrogen) atoms. The van der Waals surface area contributed by atoms with Crippen LogP contribution in [-0.4, -0.2) is 21.7 Å². The number of hydrogen-bond donors (Lipinski definition) is 1. The number of carbonyl (C=O) groups is 1. The first-order chi connectivity index (χ1) is 10.1. The highest BCUT2D eigenvalue weighted by Gasteiger charge is 2.26. The predicted octanol–water partition coefficient (Wildman–Crippen LogP) is 3.05. The molecule has 110 valence electrons. The molecule has 1 amide bonds. The Morgan fingerprint density at radius 3 is 2.95 bits per heavy atom. The first-order valence-electron chi connectivity index (χ1n) is 7.45. The van der Waals surface area contributed by atoms with Crippen molar-refractivity contribution in [2.45, 2.75) is 32.2 Å². The molecule has 2 atom stereocenters. The van der Waals surface area contributed by atoms with Gasteiger partial charge in [0.15, 0.2) is 5.69 Å². The maximum atomic E-state index is 12.6. The maximum absolute atomic E-state index is 12.6. The van der Waals surface area contributed by atoms with E-state index in [9.17, 15) is 4.79 Å². The van der Waals surface area contributed by atoms with Crippen LogP contribution in [0.2, 0.25) is 0 Å². The van der Waals surface area contributed by atoms with Gasteiger partial charge < -0.3 is 5.32 Å². The zero-order chi connectivity index (χ0) is 15.0. The van der Waals surface area contributed by atoms with Gasteiger partial charge in [-0.25, -0.2) is 0 Å². The average molecular weight is 283 g/mol. The molecule has 0 radical (unpaired) electrons. The summed E-state index contributed by atoms with van der Waals surface area (Å²) in [6, 6.07) is 8.04. The van der Waals surface area contributed by atoms with Gasteiger partial charge in [0.2, 0.25) is 0 Å². The summed E-state index contributed by atoms with van der Waals surface area (Å²) >= 11 is 0. The van der Waals surface area contributed by atoms with Gasteiger partial charge >= 0.3 is 0 Å². The van der Waals surface area contributed by atoms with E-state index in [-0.39, 0.29) is 11.9 Å². The summed E-state index contributed by atoms with van der Waals surface area (Å²) in [5, 5.41) is 8.45. The van der Waals surface area contributed by atoms with E-state index in [1.807, 2.05) is 31.3 Å². The van der Waals surface area contributed by atoms with Crippen LogP contribution in [0.5, 0.6) is 0 Å². The monoisotopic (exact) mass is 283 g/mol. The predicted molar refractivity (Wildman–Crippen MR) is 84.1 cm³/mol. The van der Waals surface area contributed by atoms with Crippen molar-refractivity contribution in [3.05, 3.63) is 42.1 Å². The lowest BCUT2D eigenvalue weighted by Gasteiger charge is -2.30. The highest BCUT2D eigenvalue weighted by atomic mass is 16.2. The van der Waals surface area contributed by atoms with Gasteiger partial charge in [-0.3, -0.25) is 9.48 Å². The van der Waals surface area contributed by atoms with Gasteiger partial charge in [-0.15, -0.1) is 0 Å². The summed E-state index contributed by atoms with van der Waals surface area (Å²) in [4.78, 5) is 12.6. The zero-order valence-electron chi connectivity index (χ0n) is 12.6. The Balaban J connectivity index is 1.83. The Morgan fingerprint density at radius 1 is 1.43 bits per heavy atom. The number of hydrogen-bond acceptors (Lipinski definition) is 2. The normalized spacial score (nSPS) is 22.5. The molecule has 4 nitrogen and oxygen atoms in total. The van der Waals surface area contributed by atoms with Crippen LogP contribution < -0.4 is 5.32 Å². The van der Waals surface area contributed by atoms with Crippen molar-refractivity contribution >= 4 is 16.8 Å². The van der Waals surface area contributed by atoms with Crippen LogP contribution in [0, 0.1) is 5.92 Å². The Bertz CT molecular complexity index is 701. The summed E-state index contributed by atoms with van der Waals surface area (Å²) in [7, 11) is 1.87. The molecule has 1 aliphatic carbocycles. The summed E-state index contributed by atoms with van der Waals surface area (Å²) in [6.45, 7) is 6.22. The molecule has 1 aromatic carbocycles. The molecule has 4 heteroatoms. The van der Waals surface area contributed by atoms with E-state index >= 15 is 0 Å². The summed E-state index contributed by atoms with van der Waals surface area (Å²) in [6.07, 6.45) is 2.96. The minimum absolute atomic E-state index is 0.0730. The van der Waals surface area contributed by atoms with Crippen molar-refractivity contribution in [3.63, 3.8) is 0 Å². The molecule has 2 aromatic rings. The van der Waals surface area contributed by atoms with Gasteiger partial charge in [-0.05, 0) is 31.2 Å². The largest absolute Gasteiger partial charge is 0.348 e. The van der Waals surface area contributed by atoms with Crippen molar-refractivity contribution in [3.8, 4) is 0 Å². The molecule has 1 fully saturated rings. The minimum Gasteiger partial charge on any atom is -0.348 e. The van der Waals surface area contributed by atoms with Crippen LogP contribution in [0.15, 0.2) is 36.4 Å². The molecular formula is C17H21N3O. The Hall–Kier alpha value is -2.10. The van der Waals surface area contributed by atoms with Gasteiger partial charge in [0.05, 0.1) is 5.52 Å². The third kappa shape index (κ3) is 2.58. The van der Waals surface area contributed by atoms with Crippen molar-refractivity contribution in [1.82, 2.24) is 15.1 Å². The lowest BCUT2D eigenvalue weighted by molar-refractivity contribution is 0.0912. The van der Waals surface area contributed by atoms with Crippen LogP contribution in [0.3, 0.4) is 0 Å². The molecule has 1 aliphatic rings. The van der Waals surface area contributed by atoms with Crippen LogP contribution in [0.25, 0.3) is 10.9 Å². The van der Waals surface area contributed by atoms with Gasteiger partial charge in [0, 0.05) is 18.5 Å². The number of nitrogens with one attached hydrogen (secondary N) is 1. The number of para-hydroxylation sites is 1. The number of fused-ring (bicyclic) bond motifs is 1. The molecule has 0 aliphatic heterocycles. The van der Waals surface area contributed by atoms with E-state index in [0.717, 1.165) is 30.2 Å². The lowest BCUT2D eigenvalue weighted by Crippen LogP contribution is -2.41. The van der Waals surface area contributed by atoms with Gasteiger partial charge in [0.1, 0.15) is 0 Å². The highest BCUT2D eigenvalue weighted by molar-refractivity contribution is 6.04. The Kier molecular flexibility index (Phi) is 3.53. The van der Waals surface area contributed by atoms with Gasteiger partial charge in [0.25, 0.3) is 5.91 Å². The standard InChI is InChI=1S/C17H21N3O/c1-11-8-9-14(12(2)10-11)18-17(21)16-13-6-4-5-7-15(13)20(3)19-16/h4-7,12,14H,1,8-10H2,2-3H3,(H,18,21). The number of allylic oxidation sites excluding steroid dienone is 1. The van der Waals surface area contributed by atoms with Gasteiger partial charge in [-0.2, -0.15) is 5.10 Å². The van der Waals surface area contributed by atoms with Crippen LogP contribution in [0.1, 0.15) is 36.7 Å². The average Bonchev–Trinajstić information content (AvgIpc) is 2.80. The molecule has 1 saturated carbocycles. The second kappa shape index (κ2) is 5.35. The third-order valence-corrected chi connectivity index (χ3v) is 4.40. The van der Waals surface area contributed by atoms with E-state index in [1.54, 1.807) is 4.68 Å². The van der Waals surface area contributed by atoms with Crippen molar-refractivity contribution in [2.24, 2.45) is 13.0 Å². The molecule has 1 aromatic heterocycles. The number of aromatic nitrogens is 2. The lowest BCUT2D eigenvalue weighted by atomic mass is 9.83. The summed E-state index contributed by atoms with van der Waals surface area (Å²) in [5.41, 5.74) is 2.79. The van der Waals surface area contributed by atoms with Gasteiger partial charge in [-0.1, -0.05) is 37.3 Å². The first kappa shape index (κ1) is 13.9. The number of aryl methyl sites for hydroxylation is 1. The summed E-state index contributed by atoms with van der Waals surface area (Å²) in [5.74, 6) is 0.362. The number of nitrogens with zero attached hydrogens (tertiary/aromatic N) is 2. The second-order valence-electron chi connectivity index (χ2n) is 6.04. The Morgan fingerprint density at radius 2 is 2.19 bits per heavy atom. The molecule has 2 unspecified atom stereocenters. The van der Waals surface area contributed by atoms with Crippen LogP contribution in [0.4, 0.5) is 0 Å². The molecule has 0 bridgehead atoms. The number of amides is 1. The molecule has 1 N–H and O–H groups in total. The van der Waals surface area contributed by atoms with Crippen molar-refractivity contribution < 1.29 is 4.79 Å². The summed E-state index contributed by atoms with van der Waals surface area (Å²) < 4.78 is 1.76. The van der Waals surface area contributed by atoms with Crippen LogP contribution >= 0.6 is 0 Å². The highest BCUT2D eigenvalue weighted by Crippen LogP contribution is 2.27. The molecule has 0 saturated heterocycles. The number of carbonyl (C=O) groups excluding carboxylic acids is 1. The van der Waals surface area contributed by atoms with E-state index in [1.165, 1.54) is 5.57 Å². The molecule has 0 spiro atoms. The van der Waals surface area contributed by atoms with E-state index < -0.39 is 0 Å². The fourth-order valence-corrected chi connectivity index (χ4v) is 3.18. The van der Waals surface area contributed by atoms with Crippen molar-refractivity contribution in [2.75, 3.05) is 0 Å². The van der Waals surface area contributed by atoms with E-state index in [2.05, 4.69) is 23.9 Å². The quantitative estimate of drug-likeness (QED) is 0.861. The molecule has 3 rings (SSSR count).